The van der Waals surface area contributed by atoms with Crippen molar-refractivity contribution in [3.05, 3.63) is 53.6 Å². The van der Waals surface area contributed by atoms with Crippen molar-refractivity contribution < 1.29 is 4.79 Å². The van der Waals surface area contributed by atoms with Crippen LogP contribution in [-0.4, -0.2) is 44.3 Å². The molecule has 4 rings (SSSR count). The number of rotatable bonds is 5. The first-order chi connectivity index (χ1) is 13.1. The van der Waals surface area contributed by atoms with Gasteiger partial charge in [-0.15, -0.1) is 11.3 Å². The molecule has 1 aromatic heterocycles. The Balaban J connectivity index is 1.62. The molecule has 0 unspecified atom stereocenters. The van der Waals surface area contributed by atoms with E-state index in [2.05, 4.69) is 52.0 Å². The topological polar surface area (TPSA) is 56.7 Å². The van der Waals surface area contributed by atoms with E-state index in [1.54, 1.807) is 11.3 Å². The fraction of sp³-hybridized carbons (Fsp3) is 0.238. The Bertz CT molecular complexity index is 989. The van der Waals surface area contributed by atoms with E-state index in [1.807, 2.05) is 31.3 Å². The second kappa shape index (κ2) is 7.50. The Morgan fingerprint density at radius 3 is 2.89 bits per heavy atom. The van der Waals surface area contributed by atoms with Gasteiger partial charge in [-0.2, -0.15) is 0 Å². The minimum atomic E-state index is -0.186. The Labute approximate surface area is 162 Å². The maximum Gasteiger partial charge on any atom is 0.319 e. The molecule has 1 aliphatic rings. The van der Waals surface area contributed by atoms with Gasteiger partial charge in [0.25, 0.3) is 0 Å². The quantitative estimate of drug-likeness (QED) is 0.700. The van der Waals surface area contributed by atoms with E-state index in [1.165, 1.54) is 20.5 Å². The number of aliphatic imine (C=N–C) groups is 1. The smallest absolute Gasteiger partial charge is 0.319 e. The summed E-state index contributed by atoms with van der Waals surface area (Å²) in [4.78, 5) is 19.9. The highest BCUT2D eigenvalue weighted by Gasteiger charge is 2.17. The van der Waals surface area contributed by atoms with Crippen LogP contribution in [0.3, 0.4) is 0 Å². The highest BCUT2D eigenvalue weighted by atomic mass is 32.1. The molecule has 138 valence electrons. The summed E-state index contributed by atoms with van der Waals surface area (Å²) in [5.41, 5.74) is 4.24. The lowest BCUT2D eigenvalue weighted by atomic mass is 10.0. The van der Waals surface area contributed by atoms with Crippen LogP contribution in [0.1, 0.15) is 11.1 Å². The van der Waals surface area contributed by atoms with Crippen LogP contribution < -0.4 is 10.6 Å². The number of fused-ring (bicyclic) bond motifs is 2. The highest BCUT2D eigenvalue weighted by Crippen LogP contribution is 2.38. The van der Waals surface area contributed by atoms with Crippen molar-refractivity contribution >= 4 is 39.4 Å². The van der Waals surface area contributed by atoms with E-state index < -0.39 is 0 Å². The fourth-order valence-corrected chi connectivity index (χ4v) is 4.30. The summed E-state index contributed by atoms with van der Waals surface area (Å²) in [5.74, 6) is 0. The number of urea groups is 1. The summed E-state index contributed by atoms with van der Waals surface area (Å²) in [6.45, 7) is 2.10. The summed E-state index contributed by atoms with van der Waals surface area (Å²) >= 11 is 1.77. The lowest BCUT2D eigenvalue weighted by Crippen LogP contribution is -2.34. The number of benzene rings is 2. The van der Waals surface area contributed by atoms with Crippen molar-refractivity contribution in [1.29, 1.82) is 0 Å². The minimum Gasteiger partial charge on any atom is -0.337 e. The molecule has 2 amide bonds. The summed E-state index contributed by atoms with van der Waals surface area (Å²) in [7, 11) is 3.97. The zero-order valence-electron chi connectivity index (χ0n) is 15.5. The molecule has 0 atom stereocenters. The van der Waals surface area contributed by atoms with Gasteiger partial charge in [-0.3, -0.25) is 4.99 Å². The number of hydrogen-bond donors (Lipinski definition) is 2. The summed E-state index contributed by atoms with van der Waals surface area (Å²) in [5, 5.41) is 7.09. The van der Waals surface area contributed by atoms with Crippen LogP contribution >= 0.6 is 11.3 Å². The molecule has 2 aromatic carbocycles. The third kappa shape index (κ3) is 3.86. The van der Waals surface area contributed by atoms with Crippen molar-refractivity contribution in [1.82, 2.24) is 10.2 Å². The third-order valence-electron chi connectivity index (χ3n) is 4.56. The molecular formula is C21H22N4OS. The van der Waals surface area contributed by atoms with Crippen LogP contribution in [0.25, 0.3) is 20.5 Å². The van der Waals surface area contributed by atoms with Crippen LogP contribution in [0.4, 0.5) is 10.5 Å². The van der Waals surface area contributed by atoms with Gasteiger partial charge in [0.05, 0.1) is 6.54 Å². The van der Waals surface area contributed by atoms with Crippen LogP contribution in [0, 0.1) is 0 Å². The van der Waals surface area contributed by atoms with E-state index in [0.29, 0.717) is 13.1 Å². The summed E-state index contributed by atoms with van der Waals surface area (Å²) < 4.78 is 1.26. The Morgan fingerprint density at radius 2 is 2.07 bits per heavy atom. The second-order valence-electron chi connectivity index (χ2n) is 6.89. The predicted molar refractivity (Wildman–Crippen MR) is 114 cm³/mol. The van der Waals surface area contributed by atoms with Crippen molar-refractivity contribution in [3.63, 3.8) is 0 Å². The van der Waals surface area contributed by atoms with E-state index in [9.17, 15) is 4.79 Å². The molecule has 6 heteroatoms. The monoisotopic (exact) mass is 378 g/mol. The SMILES string of the molecule is CN(C)CCNC(=O)Nc1cc2c(c(-c3cc4ccccc4s3)c1)CN=C2. The van der Waals surface area contributed by atoms with Gasteiger partial charge in [-0.25, -0.2) is 4.79 Å². The molecule has 27 heavy (non-hydrogen) atoms. The molecular weight excluding hydrogens is 356 g/mol. The number of carbonyl (C=O) groups is 1. The van der Waals surface area contributed by atoms with Crippen LogP contribution in [0.5, 0.6) is 0 Å². The van der Waals surface area contributed by atoms with Gasteiger partial charge in [0.1, 0.15) is 0 Å². The molecule has 0 saturated heterocycles. The van der Waals surface area contributed by atoms with Crippen molar-refractivity contribution in [3.8, 4) is 10.4 Å². The standard InChI is InChI=1S/C21H22N4OS/c1-25(2)8-7-23-21(26)24-16-9-15-12-22-13-18(15)17(11-16)20-10-14-5-3-4-6-19(14)27-20/h3-6,9-12H,7-8,13H2,1-2H3,(H2,23,24,26). The van der Waals surface area contributed by atoms with Gasteiger partial charge in [0.2, 0.25) is 0 Å². The first-order valence-corrected chi connectivity index (χ1v) is 9.77. The molecule has 2 heterocycles. The van der Waals surface area contributed by atoms with Crippen LogP contribution in [0.2, 0.25) is 0 Å². The van der Waals surface area contributed by atoms with Crippen LogP contribution in [-0.2, 0) is 6.54 Å². The first-order valence-electron chi connectivity index (χ1n) is 8.95. The Kier molecular flexibility index (Phi) is 4.92. The van der Waals surface area contributed by atoms with Gasteiger partial charge in [0, 0.05) is 40.1 Å². The van der Waals surface area contributed by atoms with E-state index >= 15 is 0 Å². The molecule has 2 N–H and O–H groups in total. The highest BCUT2D eigenvalue weighted by molar-refractivity contribution is 7.22. The lowest BCUT2D eigenvalue weighted by Gasteiger charge is -2.13. The van der Waals surface area contributed by atoms with Gasteiger partial charge >= 0.3 is 6.03 Å². The van der Waals surface area contributed by atoms with Gasteiger partial charge in [-0.1, -0.05) is 18.2 Å². The number of likely N-dealkylation sites (N-methyl/N-ethyl adjacent to an activating group) is 1. The van der Waals surface area contributed by atoms with Crippen molar-refractivity contribution in [2.24, 2.45) is 4.99 Å². The van der Waals surface area contributed by atoms with Gasteiger partial charge in [-0.05, 0) is 54.9 Å². The lowest BCUT2D eigenvalue weighted by molar-refractivity contribution is 0.250. The minimum absolute atomic E-state index is 0.186. The number of anilines is 1. The first kappa shape index (κ1) is 17.7. The van der Waals surface area contributed by atoms with Gasteiger partial charge < -0.3 is 15.5 Å². The predicted octanol–water partition coefficient (Wildman–Crippen LogP) is 4.18. The average Bonchev–Trinajstić information content (AvgIpc) is 3.27. The normalized spacial score (nSPS) is 12.6. The molecule has 1 aliphatic heterocycles. The molecule has 5 nitrogen and oxygen atoms in total. The summed E-state index contributed by atoms with van der Waals surface area (Å²) in [6.07, 6.45) is 1.89. The van der Waals surface area contributed by atoms with Crippen molar-refractivity contribution in [2.45, 2.75) is 6.54 Å². The molecule has 0 spiro atoms. The van der Waals surface area contributed by atoms with E-state index in [4.69, 9.17) is 0 Å². The van der Waals surface area contributed by atoms with Crippen LogP contribution in [0.15, 0.2) is 47.5 Å². The van der Waals surface area contributed by atoms with Crippen molar-refractivity contribution in [2.75, 3.05) is 32.5 Å². The number of amides is 2. The molecule has 0 aliphatic carbocycles. The Hall–Kier alpha value is -2.70. The molecule has 0 saturated carbocycles. The molecule has 0 bridgehead atoms. The third-order valence-corrected chi connectivity index (χ3v) is 5.71. The second-order valence-corrected chi connectivity index (χ2v) is 7.98. The van der Waals surface area contributed by atoms with E-state index in [-0.39, 0.29) is 6.03 Å². The zero-order chi connectivity index (χ0) is 18.8. The Morgan fingerprint density at radius 1 is 1.22 bits per heavy atom. The van der Waals surface area contributed by atoms with E-state index in [0.717, 1.165) is 23.4 Å². The molecule has 3 aromatic rings. The number of nitrogens with one attached hydrogen (secondary N) is 2. The largest absolute Gasteiger partial charge is 0.337 e. The molecule has 0 fully saturated rings. The number of thiophene rings is 1. The average molecular weight is 379 g/mol. The molecule has 0 radical (unpaired) electrons. The number of hydrogen-bond acceptors (Lipinski definition) is 4. The maximum atomic E-state index is 12.2. The summed E-state index contributed by atoms with van der Waals surface area (Å²) in [6, 6.07) is 14.5. The fourth-order valence-electron chi connectivity index (χ4n) is 3.20. The number of nitrogens with zero attached hydrogens (tertiary/aromatic N) is 2. The maximum absolute atomic E-state index is 12.2. The zero-order valence-corrected chi connectivity index (χ0v) is 16.3. The van der Waals surface area contributed by atoms with Gasteiger partial charge in [0.15, 0.2) is 0 Å². The number of carbonyl (C=O) groups excluding carboxylic acids is 1.